The Labute approximate surface area is 178 Å². The molecule has 0 aliphatic heterocycles. The molecule has 3 rings (SSSR count). The first kappa shape index (κ1) is 21.8. The standard InChI is InChI=1S/C26H30O4/c1-6-24(28)30-26-20-12-10-17(4)14-22(20)25(29-18(5)27)21-13-11-19(15-23(21)26)9-7-8-16(2)3/h6,8,10,12,14,19H,1,7,9,11,13,15H2,2-5H3. The molecule has 0 amide bonds. The first-order valence-corrected chi connectivity index (χ1v) is 10.5. The van der Waals surface area contributed by atoms with Crippen molar-refractivity contribution in [2.24, 2.45) is 5.92 Å². The predicted octanol–water partition coefficient (Wildman–Crippen LogP) is 6.02. The summed E-state index contributed by atoms with van der Waals surface area (Å²) in [5.41, 5.74) is 4.33. The van der Waals surface area contributed by atoms with Crippen LogP contribution in [0.4, 0.5) is 0 Å². The molecule has 0 N–H and O–H groups in total. The molecule has 0 radical (unpaired) electrons. The van der Waals surface area contributed by atoms with E-state index in [1.54, 1.807) is 0 Å². The molecule has 1 aliphatic carbocycles. The number of allylic oxidation sites excluding steroid dienone is 2. The van der Waals surface area contributed by atoms with Crippen LogP contribution in [-0.2, 0) is 22.4 Å². The second-order valence-corrected chi connectivity index (χ2v) is 8.35. The van der Waals surface area contributed by atoms with Gasteiger partial charge in [0.2, 0.25) is 0 Å². The Morgan fingerprint density at radius 3 is 2.50 bits per heavy atom. The summed E-state index contributed by atoms with van der Waals surface area (Å²) in [7, 11) is 0. The van der Waals surface area contributed by atoms with Crippen LogP contribution in [0, 0.1) is 12.8 Å². The molecule has 0 fully saturated rings. The Kier molecular flexibility index (Phi) is 6.76. The van der Waals surface area contributed by atoms with E-state index in [1.165, 1.54) is 18.6 Å². The summed E-state index contributed by atoms with van der Waals surface area (Å²) in [6, 6.07) is 5.91. The molecule has 4 heteroatoms. The second-order valence-electron chi connectivity index (χ2n) is 8.35. The van der Waals surface area contributed by atoms with Crippen LogP contribution in [0.15, 0.2) is 42.5 Å². The van der Waals surface area contributed by atoms with E-state index in [9.17, 15) is 9.59 Å². The molecular formula is C26H30O4. The number of fused-ring (bicyclic) bond motifs is 2. The lowest BCUT2D eigenvalue weighted by atomic mass is 9.79. The fourth-order valence-electron chi connectivity index (χ4n) is 4.24. The number of rotatable bonds is 6. The monoisotopic (exact) mass is 406 g/mol. The van der Waals surface area contributed by atoms with Gasteiger partial charge in [0.1, 0.15) is 11.5 Å². The van der Waals surface area contributed by atoms with Gasteiger partial charge in [-0.15, -0.1) is 0 Å². The van der Waals surface area contributed by atoms with Crippen molar-refractivity contribution in [1.29, 1.82) is 0 Å². The van der Waals surface area contributed by atoms with E-state index in [2.05, 4.69) is 26.5 Å². The highest BCUT2D eigenvalue weighted by atomic mass is 16.5. The van der Waals surface area contributed by atoms with Crippen molar-refractivity contribution < 1.29 is 19.1 Å². The Bertz CT molecular complexity index is 1030. The summed E-state index contributed by atoms with van der Waals surface area (Å²) in [6.45, 7) is 11.2. The summed E-state index contributed by atoms with van der Waals surface area (Å²) < 4.78 is 11.5. The molecule has 4 nitrogen and oxygen atoms in total. The van der Waals surface area contributed by atoms with Crippen LogP contribution < -0.4 is 9.47 Å². The van der Waals surface area contributed by atoms with Crippen molar-refractivity contribution in [3.8, 4) is 11.5 Å². The van der Waals surface area contributed by atoms with Gasteiger partial charge in [-0.3, -0.25) is 4.79 Å². The lowest BCUT2D eigenvalue weighted by Gasteiger charge is -2.29. The largest absolute Gasteiger partial charge is 0.426 e. The molecule has 0 heterocycles. The second kappa shape index (κ2) is 9.29. The fourth-order valence-corrected chi connectivity index (χ4v) is 4.24. The van der Waals surface area contributed by atoms with Crippen molar-refractivity contribution in [2.45, 2.75) is 59.8 Å². The summed E-state index contributed by atoms with van der Waals surface area (Å²) in [4.78, 5) is 24.0. The van der Waals surface area contributed by atoms with Crippen LogP contribution in [-0.4, -0.2) is 11.9 Å². The van der Waals surface area contributed by atoms with Crippen LogP contribution in [0.2, 0.25) is 0 Å². The van der Waals surface area contributed by atoms with Crippen LogP contribution in [0.5, 0.6) is 11.5 Å². The molecule has 2 aromatic rings. The number of ether oxygens (including phenoxy) is 2. The minimum absolute atomic E-state index is 0.346. The smallest absolute Gasteiger partial charge is 0.335 e. The molecule has 0 saturated heterocycles. The number of aryl methyl sites for hydroxylation is 1. The highest BCUT2D eigenvalue weighted by molar-refractivity contribution is 6.00. The number of hydrogen-bond donors (Lipinski definition) is 0. The van der Waals surface area contributed by atoms with Gasteiger partial charge in [-0.05, 0) is 64.9 Å². The third kappa shape index (κ3) is 4.81. The SMILES string of the molecule is C=CC(=O)Oc1c2c(c(OC(C)=O)c3cc(C)ccc13)CCC(CCC=C(C)C)C2. The number of benzene rings is 2. The molecule has 1 unspecified atom stereocenters. The van der Waals surface area contributed by atoms with Crippen LogP contribution in [0.3, 0.4) is 0 Å². The molecule has 30 heavy (non-hydrogen) atoms. The van der Waals surface area contributed by atoms with Gasteiger partial charge >= 0.3 is 11.9 Å². The molecule has 1 atom stereocenters. The van der Waals surface area contributed by atoms with Crippen molar-refractivity contribution in [2.75, 3.05) is 0 Å². The van der Waals surface area contributed by atoms with Gasteiger partial charge < -0.3 is 9.47 Å². The van der Waals surface area contributed by atoms with Crippen molar-refractivity contribution in [1.82, 2.24) is 0 Å². The average Bonchev–Trinajstić information content (AvgIpc) is 2.69. The Hall–Kier alpha value is -2.88. The first-order valence-electron chi connectivity index (χ1n) is 10.5. The highest BCUT2D eigenvalue weighted by Gasteiger charge is 2.29. The minimum Gasteiger partial charge on any atom is -0.426 e. The maximum Gasteiger partial charge on any atom is 0.335 e. The third-order valence-corrected chi connectivity index (χ3v) is 5.61. The quantitative estimate of drug-likeness (QED) is 0.255. The zero-order chi connectivity index (χ0) is 21.8. The molecule has 2 aromatic carbocycles. The normalized spacial score (nSPS) is 15.3. The van der Waals surface area contributed by atoms with Gasteiger partial charge in [-0.25, -0.2) is 4.79 Å². The summed E-state index contributed by atoms with van der Waals surface area (Å²) in [5, 5.41) is 1.59. The molecule has 0 saturated carbocycles. The van der Waals surface area contributed by atoms with Gasteiger partial charge in [0.15, 0.2) is 0 Å². The van der Waals surface area contributed by atoms with Gasteiger partial charge in [-0.2, -0.15) is 0 Å². The van der Waals surface area contributed by atoms with E-state index in [0.29, 0.717) is 17.4 Å². The lowest BCUT2D eigenvalue weighted by molar-refractivity contribution is -0.132. The van der Waals surface area contributed by atoms with Crippen LogP contribution in [0.25, 0.3) is 10.8 Å². The first-order chi connectivity index (χ1) is 14.3. The van der Waals surface area contributed by atoms with E-state index >= 15 is 0 Å². The minimum atomic E-state index is -0.481. The molecule has 158 valence electrons. The molecular weight excluding hydrogens is 376 g/mol. The number of carbonyl (C=O) groups is 2. The summed E-state index contributed by atoms with van der Waals surface area (Å²) >= 11 is 0. The molecule has 1 aliphatic rings. The van der Waals surface area contributed by atoms with Gasteiger partial charge in [0, 0.05) is 34.9 Å². The fraction of sp³-hybridized carbons (Fsp3) is 0.385. The Morgan fingerprint density at radius 2 is 1.83 bits per heavy atom. The van der Waals surface area contributed by atoms with Crippen molar-refractivity contribution in [3.05, 3.63) is 59.2 Å². The van der Waals surface area contributed by atoms with Crippen LogP contribution >= 0.6 is 0 Å². The predicted molar refractivity (Wildman–Crippen MR) is 120 cm³/mol. The van der Waals surface area contributed by atoms with E-state index in [0.717, 1.165) is 59.6 Å². The highest BCUT2D eigenvalue weighted by Crippen LogP contribution is 2.46. The van der Waals surface area contributed by atoms with Crippen molar-refractivity contribution >= 4 is 22.7 Å². The molecule has 0 spiro atoms. The van der Waals surface area contributed by atoms with E-state index in [4.69, 9.17) is 9.47 Å². The van der Waals surface area contributed by atoms with Gasteiger partial charge in [0.05, 0.1) is 0 Å². The zero-order valence-corrected chi connectivity index (χ0v) is 18.3. The lowest BCUT2D eigenvalue weighted by Crippen LogP contribution is -2.19. The molecule has 0 aromatic heterocycles. The van der Waals surface area contributed by atoms with Crippen molar-refractivity contribution in [3.63, 3.8) is 0 Å². The number of hydrogen-bond acceptors (Lipinski definition) is 4. The average molecular weight is 407 g/mol. The van der Waals surface area contributed by atoms with E-state index in [1.807, 2.05) is 25.1 Å². The maximum atomic E-state index is 12.1. The topological polar surface area (TPSA) is 52.6 Å². The zero-order valence-electron chi connectivity index (χ0n) is 18.3. The summed E-state index contributed by atoms with van der Waals surface area (Å²) in [6.07, 6.45) is 8.17. The van der Waals surface area contributed by atoms with E-state index in [-0.39, 0.29) is 5.97 Å². The maximum absolute atomic E-state index is 12.1. The van der Waals surface area contributed by atoms with Crippen LogP contribution in [0.1, 0.15) is 56.7 Å². The number of esters is 2. The summed E-state index contributed by atoms with van der Waals surface area (Å²) in [5.74, 6) is 0.847. The third-order valence-electron chi connectivity index (χ3n) is 5.61. The van der Waals surface area contributed by atoms with E-state index < -0.39 is 5.97 Å². The van der Waals surface area contributed by atoms with Gasteiger partial charge in [0.25, 0.3) is 0 Å². The molecule has 0 bridgehead atoms. The van der Waals surface area contributed by atoms with Gasteiger partial charge in [-0.1, -0.05) is 35.9 Å². The Balaban J connectivity index is 2.15. The number of carbonyl (C=O) groups excluding carboxylic acids is 2. The Morgan fingerprint density at radius 1 is 1.10 bits per heavy atom.